The Morgan fingerprint density at radius 1 is 1.14 bits per heavy atom. The fourth-order valence-electron chi connectivity index (χ4n) is 8.73. The molecule has 3 heterocycles. The highest BCUT2D eigenvalue weighted by Crippen LogP contribution is 2.47. The third-order valence-electron chi connectivity index (χ3n) is 12.4. The van der Waals surface area contributed by atoms with Crippen LogP contribution in [0.2, 0.25) is 5.02 Å². The van der Waals surface area contributed by atoms with Crippen molar-refractivity contribution in [2.24, 2.45) is 17.8 Å². The van der Waals surface area contributed by atoms with Crippen LogP contribution in [0.5, 0.6) is 5.75 Å². The number of anilines is 1. The maximum absolute atomic E-state index is 13.9. The molecule has 0 aromatic heterocycles. The lowest BCUT2D eigenvalue weighted by Crippen LogP contribution is -2.50. The van der Waals surface area contributed by atoms with E-state index in [4.69, 9.17) is 21.1 Å². The minimum atomic E-state index is -2.97. The molecule has 3 aliphatic heterocycles. The second kappa shape index (κ2) is 14.8. The molecule has 2 aromatic rings. The van der Waals surface area contributed by atoms with Crippen molar-refractivity contribution in [1.29, 1.82) is 0 Å². The number of piperazine rings is 1. The van der Waals surface area contributed by atoms with Gasteiger partial charge < -0.3 is 24.2 Å². The molecule has 7 rings (SSSR count). The highest BCUT2D eigenvalue weighted by molar-refractivity contribution is 7.99. The summed E-state index contributed by atoms with van der Waals surface area (Å²) in [6.07, 6.45) is 9.74. The molecular formula is C40H53ClN4O5S. The van der Waals surface area contributed by atoms with Gasteiger partial charge in [0, 0.05) is 60.5 Å². The molecule has 1 saturated heterocycles. The first-order valence-electron chi connectivity index (χ1n) is 18.7. The Kier molecular flexibility index (Phi) is 10.5. The van der Waals surface area contributed by atoms with E-state index in [2.05, 4.69) is 51.7 Å². The molecule has 2 amide bonds. The highest BCUT2D eigenvalue weighted by Gasteiger charge is 2.45. The van der Waals surface area contributed by atoms with Gasteiger partial charge in [-0.05, 0) is 118 Å². The number of halogens is 1. The predicted octanol–water partition coefficient (Wildman–Crippen LogP) is 5.34. The zero-order valence-corrected chi connectivity index (χ0v) is 31.9. The van der Waals surface area contributed by atoms with Crippen LogP contribution in [-0.4, -0.2) is 103 Å². The summed E-state index contributed by atoms with van der Waals surface area (Å²) in [5.41, 5.74) is 3.61. The fraction of sp³-hybridized carbons (Fsp3) is 0.575. The van der Waals surface area contributed by atoms with Gasteiger partial charge >= 0.3 is 0 Å². The summed E-state index contributed by atoms with van der Waals surface area (Å²) < 4.78 is 29.9. The molecule has 2 aromatic carbocycles. The third kappa shape index (κ3) is 7.57. The van der Waals surface area contributed by atoms with Crippen molar-refractivity contribution in [1.82, 2.24) is 14.5 Å². The highest BCUT2D eigenvalue weighted by atomic mass is 35.5. The van der Waals surface area contributed by atoms with Crippen LogP contribution in [0.15, 0.2) is 48.6 Å². The van der Waals surface area contributed by atoms with Crippen molar-refractivity contribution in [3.63, 3.8) is 0 Å². The molecule has 276 valence electrons. The lowest BCUT2D eigenvalue weighted by Gasteiger charge is -2.46. The van der Waals surface area contributed by atoms with Crippen LogP contribution in [-0.2, 0) is 31.1 Å². The molecule has 11 heteroatoms. The molecule has 1 spiro atoms. The van der Waals surface area contributed by atoms with Crippen LogP contribution in [0.25, 0.3) is 0 Å². The van der Waals surface area contributed by atoms with Gasteiger partial charge in [-0.3, -0.25) is 14.3 Å². The molecule has 0 radical (unpaired) electrons. The van der Waals surface area contributed by atoms with Crippen LogP contribution >= 0.6 is 11.6 Å². The van der Waals surface area contributed by atoms with E-state index in [0.717, 1.165) is 87.8 Å². The van der Waals surface area contributed by atoms with Crippen molar-refractivity contribution in [3.8, 4) is 5.75 Å². The average molecular weight is 737 g/mol. The summed E-state index contributed by atoms with van der Waals surface area (Å²) in [7, 11) is -0.886. The van der Waals surface area contributed by atoms with E-state index in [1.54, 1.807) is 6.07 Å². The standard InChI is InChI=1S/C40H53ClN4O5S/c1-27-7-5-9-36(49-24-38(46)44-19-17-43(3)18-20-44)33-13-10-31(33)23-45-25-40(16-6-8-29-21-32(41)12-14-34(29)40)26-50-37-15-11-30(22-35(37)45)39(47)42-51(4,48)28(27)2/h5,9,11-12,14-15,21-22,27-28,31,33,36H,4,6-8,10,13,16-20,23-26H2,1-3H3,(H,42,47,48)/b9-5+/t27-,28+,31-,33+,36-,40-,51?/m0/s1. The lowest BCUT2D eigenvalue weighted by molar-refractivity contribution is -0.141. The molecule has 7 atom stereocenters. The number of carbonyl (C=O) groups excluding carboxylic acids is 2. The van der Waals surface area contributed by atoms with Crippen LogP contribution in [0.1, 0.15) is 67.4 Å². The third-order valence-corrected chi connectivity index (χ3v) is 14.8. The Hall–Kier alpha value is -3.05. The van der Waals surface area contributed by atoms with Crippen LogP contribution < -0.4 is 14.4 Å². The first-order chi connectivity index (χ1) is 24.4. The van der Waals surface area contributed by atoms with Crippen molar-refractivity contribution in [3.05, 3.63) is 70.3 Å². The Morgan fingerprint density at radius 3 is 2.71 bits per heavy atom. The number of benzene rings is 2. The van der Waals surface area contributed by atoms with Gasteiger partial charge in [0.15, 0.2) is 0 Å². The summed E-state index contributed by atoms with van der Waals surface area (Å²) in [6.45, 7) is 9.18. The lowest BCUT2D eigenvalue weighted by atomic mass is 9.68. The van der Waals surface area contributed by atoms with Crippen LogP contribution in [0, 0.1) is 17.8 Å². The van der Waals surface area contributed by atoms with Crippen molar-refractivity contribution in [2.75, 3.05) is 64.4 Å². The number of carbonyl (C=O) groups is 2. The Morgan fingerprint density at radius 2 is 1.94 bits per heavy atom. The maximum atomic E-state index is 13.9. The van der Waals surface area contributed by atoms with Gasteiger partial charge in [0.2, 0.25) is 5.91 Å². The monoisotopic (exact) mass is 736 g/mol. The van der Waals surface area contributed by atoms with E-state index in [1.165, 1.54) is 11.1 Å². The maximum Gasteiger partial charge on any atom is 0.262 e. The number of likely N-dealkylation sites (N-methyl/N-ethyl adjacent to an activating group) is 1. The molecule has 51 heavy (non-hydrogen) atoms. The normalized spacial score (nSPS) is 33.6. The van der Waals surface area contributed by atoms with Crippen molar-refractivity contribution < 1.29 is 23.3 Å². The minimum absolute atomic E-state index is 0.00959. The molecule has 9 nitrogen and oxygen atoms in total. The SMILES string of the molecule is C=S1(=O)NC(=O)c2ccc3c(c2)N(C[C@@H]2CC[C@H]2[C@@H](OCC(=O)N2CCN(C)CC2)/C=C/C[C@H](C)[C@H]1C)C[C@@]1(CCCc2cc(Cl)ccc21)CO3. The number of fused-ring (bicyclic) bond motifs is 4. The predicted molar refractivity (Wildman–Crippen MR) is 205 cm³/mol. The Bertz CT molecular complexity index is 1780. The summed E-state index contributed by atoms with van der Waals surface area (Å²) in [5, 5.41) is 0.381. The fourth-order valence-corrected chi connectivity index (χ4v) is 10.4. The summed E-state index contributed by atoms with van der Waals surface area (Å²) in [4.78, 5) is 33.6. The van der Waals surface area contributed by atoms with Gasteiger partial charge in [0.25, 0.3) is 5.91 Å². The summed E-state index contributed by atoms with van der Waals surface area (Å²) >= 11 is 6.48. The van der Waals surface area contributed by atoms with Gasteiger partial charge in [-0.2, -0.15) is 0 Å². The van der Waals surface area contributed by atoms with Crippen molar-refractivity contribution in [2.45, 2.75) is 69.1 Å². The number of aryl methyl sites for hydroxylation is 1. The van der Waals surface area contributed by atoms with E-state index in [0.29, 0.717) is 24.5 Å². The smallest absolute Gasteiger partial charge is 0.262 e. The van der Waals surface area contributed by atoms with E-state index >= 15 is 0 Å². The molecule has 2 bridgehead atoms. The average Bonchev–Trinajstić information content (AvgIpc) is 3.24. The van der Waals surface area contributed by atoms with Crippen LogP contribution in [0.4, 0.5) is 5.69 Å². The van der Waals surface area contributed by atoms with E-state index < -0.39 is 15.6 Å². The largest absolute Gasteiger partial charge is 0.490 e. The zero-order valence-electron chi connectivity index (χ0n) is 30.3. The molecule has 2 aliphatic carbocycles. The number of ether oxygens (including phenoxy) is 2. The topological polar surface area (TPSA) is 91.4 Å². The quantitative estimate of drug-likeness (QED) is 0.336. The number of nitrogens with zero attached hydrogens (tertiary/aromatic N) is 3. The van der Waals surface area contributed by atoms with Gasteiger partial charge in [0.1, 0.15) is 12.4 Å². The summed E-state index contributed by atoms with van der Waals surface area (Å²) in [6, 6.07) is 11.8. The van der Waals surface area contributed by atoms with Gasteiger partial charge in [-0.15, -0.1) is 0 Å². The van der Waals surface area contributed by atoms with Gasteiger partial charge in [-0.1, -0.05) is 36.7 Å². The zero-order chi connectivity index (χ0) is 35.9. The number of allylic oxidation sites excluding steroid dienone is 1. The second-order valence-corrected chi connectivity index (χ2v) is 18.6. The first kappa shape index (κ1) is 36.3. The van der Waals surface area contributed by atoms with Gasteiger partial charge in [-0.25, -0.2) is 4.21 Å². The number of hydrogen-bond acceptors (Lipinski definition) is 7. The number of rotatable bonds is 3. The van der Waals surface area contributed by atoms with Crippen LogP contribution in [0.3, 0.4) is 0 Å². The number of hydrogen-bond donors (Lipinski definition) is 1. The van der Waals surface area contributed by atoms with Gasteiger partial charge in [0.05, 0.1) is 28.1 Å². The number of amides is 2. The Balaban J connectivity index is 1.23. The summed E-state index contributed by atoms with van der Waals surface area (Å²) in [5.74, 6) is 4.94. The van der Waals surface area contributed by atoms with E-state index in [-0.39, 0.29) is 41.1 Å². The molecule has 1 N–H and O–H groups in total. The van der Waals surface area contributed by atoms with E-state index in [1.807, 2.05) is 36.9 Å². The molecular weight excluding hydrogens is 684 g/mol. The minimum Gasteiger partial charge on any atom is -0.490 e. The first-order valence-corrected chi connectivity index (χ1v) is 20.8. The molecule has 1 unspecified atom stereocenters. The second-order valence-electron chi connectivity index (χ2n) is 15.8. The Labute approximate surface area is 308 Å². The molecule has 2 fully saturated rings. The molecule has 5 aliphatic rings. The van der Waals surface area contributed by atoms with E-state index in [9.17, 15) is 13.8 Å². The number of nitrogens with one attached hydrogen (secondary N) is 1. The van der Waals surface area contributed by atoms with Crippen molar-refractivity contribution >= 4 is 44.7 Å². The molecule has 1 saturated carbocycles.